The molecule has 0 fully saturated rings. The number of hydrogen-bond donors (Lipinski definition) is 2. The standard InChI is InChI=1S/C20H22N2O3S/c1-25-14-10-7-13(8-11-14)9-12-17(23)22-20-18(19(21)24)15-5-3-2-4-6-16(15)26-20/h7-12H,2-6H2,1H3,(H2,21,24)(H,22,23)/b12-9+. The van der Waals surface area contributed by atoms with Crippen molar-refractivity contribution in [2.24, 2.45) is 5.73 Å². The van der Waals surface area contributed by atoms with E-state index < -0.39 is 5.91 Å². The largest absolute Gasteiger partial charge is 0.497 e. The van der Waals surface area contributed by atoms with Crippen molar-refractivity contribution in [3.63, 3.8) is 0 Å². The van der Waals surface area contributed by atoms with E-state index >= 15 is 0 Å². The van der Waals surface area contributed by atoms with E-state index in [0.717, 1.165) is 49.0 Å². The molecule has 0 spiro atoms. The van der Waals surface area contributed by atoms with Crippen molar-refractivity contribution in [1.82, 2.24) is 0 Å². The number of amides is 2. The minimum absolute atomic E-state index is 0.278. The molecule has 0 unspecified atom stereocenters. The molecule has 5 nitrogen and oxygen atoms in total. The molecule has 2 amide bonds. The van der Waals surface area contributed by atoms with E-state index in [2.05, 4.69) is 5.32 Å². The normalized spacial score (nSPS) is 13.9. The van der Waals surface area contributed by atoms with Gasteiger partial charge in [-0.25, -0.2) is 0 Å². The fourth-order valence-corrected chi connectivity index (χ4v) is 4.43. The van der Waals surface area contributed by atoms with E-state index in [4.69, 9.17) is 10.5 Å². The van der Waals surface area contributed by atoms with Gasteiger partial charge in [-0.2, -0.15) is 0 Å². The maximum atomic E-state index is 12.3. The molecule has 2 aromatic rings. The molecule has 1 aliphatic rings. The molecule has 1 aromatic heterocycles. The predicted molar refractivity (Wildman–Crippen MR) is 105 cm³/mol. The average molecular weight is 370 g/mol. The van der Waals surface area contributed by atoms with Crippen molar-refractivity contribution < 1.29 is 14.3 Å². The summed E-state index contributed by atoms with van der Waals surface area (Å²) in [5.41, 5.74) is 7.98. The number of benzene rings is 1. The highest BCUT2D eigenvalue weighted by molar-refractivity contribution is 7.17. The van der Waals surface area contributed by atoms with Crippen LogP contribution >= 0.6 is 11.3 Å². The molecular weight excluding hydrogens is 348 g/mol. The third-order valence-electron chi connectivity index (χ3n) is 4.45. The third kappa shape index (κ3) is 4.14. The Morgan fingerprint density at radius 2 is 1.88 bits per heavy atom. The lowest BCUT2D eigenvalue weighted by Crippen LogP contribution is -2.16. The Labute approximate surface area is 156 Å². The molecular formula is C20H22N2O3S. The number of carbonyl (C=O) groups excluding carboxylic acids is 2. The Morgan fingerprint density at radius 3 is 2.58 bits per heavy atom. The number of primary amides is 1. The Kier molecular flexibility index (Phi) is 5.73. The van der Waals surface area contributed by atoms with E-state index in [1.54, 1.807) is 13.2 Å². The molecule has 0 saturated heterocycles. The number of ether oxygens (including phenoxy) is 1. The predicted octanol–water partition coefficient (Wildman–Crippen LogP) is 3.78. The summed E-state index contributed by atoms with van der Waals surface area (Å²) in [5, 5.41) is 3.39. The number of nitrogens with two attached hydrogens (primary N) is 1. The minimum Gasteiger partial charge on any atom is -0.497 e. The zero-order valence-corrected chi connectivity index (χ0v) is 15.5. The van der Waals surface area contributed by atoms with Gasteiger partial charge >= 0.3 is 0 Å². The Bertz CT molecular complexity index is 837. The second-order valence-corrected chi connectivity index (χ2v) is 7.33. The number of nitrogens with one attached hydrogen (secondary N) is 1. The highest BCUT2D eigenvalue weighted by Crippen LogP contribution is 2.37. The summed E-state index contributed by atoms with van der Waals surface area (Å²) in [7, 11) is 1.61. The number of fused-ring (bicyclic) bond motifs is 1. The number of rotatable bonds is 5. The minimum atomic E-state index is -0.473. The molecule has 26 heavy (non-hydrogen) atoms. The maximum absolute atomic E-state index is 12.3. The first-order valence-corrected chi connectivity index (χ1v) is 9.47. The molecule has 1 aliphatic carbocycles. The molecule has 0 bridgehead atoms. The third-order valence-corrected chi connectivity index (χ3v) is 5.65. The van der Waals surface area contributed by atoms with E-state index in [0.29, 0.717) is 10.6 Å². The Hall–Kier alpha value is -2.60. The number of methoxy groups -OCH3 is 1. The maximum Gasteiger partial charge on any atom is 0.251 e. The summed E-state index contributed by atoms with van der Waals surface area (Å²) in [4.78, 5) is 25.4. The van der Waals surface area contributed by atoms with Gasteiger partial charge in [0.1, 0.15) is 10.8 Å². The van der Waals surface area contributed by atoms with Crippen LogP contribution in [0.3, 0.4) is 0 Å². The first-order chi connectivity index (χ1) is 12.6. The van der Waals surface area contributed by atoms with Gasteiger partial charge in [0.15, 0.2) is 0 Å². The van der Waals surface area contributed by atoms with Crippen LogP contribution in [-0.4, -0.2) is 18.9 Å². The summed E-state index contributed by atoms with van der Waals surface area (Å²) in [6, 6.07) is 7.40. The van der Waals surface area contributed by atoms with Crippen LogP contribution in [-0.2, 0) is 17.6 Å². The van der Waals surface area contributed by atoms with Crippen molar-refractivity contribution in [3.05, 3.63) is 51.9 Å². The van der Waals surface area contributed by atoms with Crippen LogP contribution in [0.5, 0.6) is 5.75 Å². The van der Waals surface area contributed by atoms with Crippen molar-refractivity contribution in [2.75, 3.05) is 12.4 Å². The highest BCUT2D eigenvalue weighted by Gasteiger charge is 2.23. The summed E-state index contributed by atoms with van der Waals surface area (Å²) in [6.07, 6.45) is 8.28. The Morgan fingerprint density at radius 1 is 1.15 bits per heavy atom. The summed E-state index contributed by atoms with van der Waals surface area (Å²) < 4.78 is 5.11. The summed E-state index contributed by atoms with van der Waals surface area (Å²) in [5.74, 6) is 0.0105. The van der Waals surface area contributed by atoms with Crippen LogP contribution in [0.2, 0.25) is 0 Å². The second kappa shape index (κ2) is 8.19. The van der Waals surface area contributed by atoms with Crippen molar-refractivity contribution in [1.29, 1.82) is 0 Å². The van der Waals surface area contributed by atoms with Gasteiger partial charge in [-0.3, -0.25) is 9.59 Å². The van der Waals surface area contributed by atoms with Gasteiger partial charge in [-0.15, -0.1) is 11.3 Å². The van der Waals surface area contributed by atoms with Gasteiger partial charge < -0.3 is 15.8 Å². The highest BCUT2D eigenvalue weighted by atomic mass is 32.1. The summed E-state index contributed by atoms with van der Waals surface area (Å²) in [6.45, 7) is 0. The molecule has 3 rings (SSSR count). The van der Waals surface area contributed by atoms with E-state index in [1.807, 2.05) is 24.3 Å². The first kappa shape index (κ1) is 18.2. The lowest BCUT2D eigenvalue weighted by molar-refractivity contribution is -0.111. The van der Waals surface area contributed by atoms with E-state index in [1.165, 1.54) is 22.3 Å². The molecule has 6 heteroatoms. The van der Waals surface area contributed by atoms with Gasteiger partial charge in [0.2, 0.25) is 5.91 Å². The van der Waals surface area contributed by atoms with E-state index in [9.17, 15) is 9.59 Å². The van der Waals surface area contributed by atoms with Crippen LogP contribution in [0.4, 0.5) is 5.00 Å². The first-order valence-electron chi connectivity index (χ1n) is 8.66. The zero-order valence-electron chi connectivity index (χ0n) is 14.7. The van der Waals surface area contributed by atoms with Gasteiger partial charge in [0.05, 0.1) is 12.7 Å². The van der Waals surface area contributed by atoms with Crippen molar-refractivity contribution in [3.8, 4) is 5.75 Å². The number of aryl methyl sites for hydroxylation is 1. The summed E-state index contributed by atoms with van der Waals surface area (Å²) >= 11 is 1.48. The fourth-order valence-electron chi connectivity index (χ4n) is 3.13. The van der Waals surface area contributed by atoms with Crippen molar-refractivity contribution in [2.45, 2.75) is 32.1 Å². The van der Waals surface area contributed by atoms with Crippen LogP contribution in [0.15, 0.2) is 30.3 Å². The molecule has 0 radical (unpaired) electrons. The monoisotopic (exact) mass is 370 g/mol. The van der Waals surface area contributed by atoms with Crippen LogP contribution in [0, 0.1) is 0 Å². The second-order valence-electron chi connectivity index (χ2n) is 6.23. The van der Waals surface area contributed by atoms with Crippen molar-refractivity contribution >= 4 is 34.2 Å². The molecule has 0 atom stereocenters. The SMILES string of the molecule is COc1ccc(/C=C/C(=O)Nc2sc3c(c2C(N)=O)CCCCC3)cc1. The van der Waals surface area contributed by atoms with Gasteiger partial charge in [-0.05, 0) is 55.0 Å². The lowest BCUT2D eigenvalue weighted by atomic mass is 10.1. The van der Waals surface area contributed by atoms with Gasteiger partial charge in [0, 0.05) is 11.0 Å². The molecule has 1 heterocycles. The van der Waals surface area contributed by atoms with Crippen LogP contribution in [0.1, 0.15) is 45.6 Å². The lowest BCUT2D eigenvalue weighted by Gasteiger charge is -2.04. The Balaban J connectivity index is 1.76. The number of carbonyl (C=O) groups is 2. The molecule has 1 aromatic carbocycles. The average Bonchev–Trinajstić information content (AvgIpc) is 2.81. The molecule has 136 valence electrons. The van der Waals surface area contributed by atoms with Crippen LogP contribution in [0.25, 0.3) is 6.08 Å². The number of thiophene rings is 1. The fraction of sp³-hybridized carbons (Fsp3) is 0.300. The number of hydrogen-bond acceptors (Lipinski definition) is 4. The van der Waals surface area contributed by atoms with Crippen LogP contribution < -0.4 is 15.8 Å². The van der Waals surface area contributed by atoms with E-state index in [-0.39, 0.29) is 5.91 Å². The molecule has 0 saturated carbocycles. The van der Waals surface area contributed by atoms with Gasteiger partial charge in [0.25, 0.3) is 5.91 Å². The molecule has 3 N–H and O–H groups in total. The molecule has 0 aliphatic heterocycles. The van der Waals surface area contributed by atoms with Gasteiger partial charge in [-0.1, -0.05) is 18.6 Å². The smallest absolute Gasteiger partial charge is 0.251 e. The zero-order chi connectivity index (χ0) is 18.5. The topological polar surface area (TPSA) is 81.4 Å². The number of anilines is 1. The quantitative estimate of drug-likeness (QED) is 0.621.